The molecule has 29 heavy (non-hydrogen) atoms. The predicted molar refractivity (Wildman–Crippen MR) is 108 cm³/mol. The van der Waals surface area contributed by atoms with Crippen LogP contribution < -0.4 is 20.1 Å². The van der Waals surface area contributed by atoms with Crippen LogP contribution in [0.5, 0.6) is 11.5 Å². The normalized spacial score (nSPS) is 14.0. The fourth-order valence-corrected chi connectivity index (χ4v) is 2.72. The van der Waals surface area contributed by atoms with Crippen molar-refractivity contribution in [3.63, 3.8) is 0 Å². The van der Waals surface area contributed by atoms with Gasteiger partial charge in [0.2, 0.25) is 5.91 Å². The van der Waals surface area contributed by atoms with Crippen molar-refractivity contribution in [2.24, 2.45) is 0 Å². The van der Waals surface area contributed by atoms with Gasteiger partial charge in [0.1, 0.15) is 6.04 Å². The van der Waals surface area contributed by atoms with Crippen LogP contribution in [0.1, 0.15) is 32.3 Å². The number of carbonyl (C=O) groups is 3. The lowest BCUT2D eigenvalue weighted by atomic mass is 10.2. The first-order valence-corrected chi connectivity index (χ1v) is 9.79. The number of benzene rings is 1. The van der Waals surface area contributed by atoms with Crippen LogP contribution in [0.15, 0.2) is 18.2 Å². The van der Waals surface area contributed by atoms with Gasteiger partial charge in [-0.25, -0.2) is 4.79 Å². The molecule has 0 unspecified atom stereocenters. The quantitative estimate of drug-likeness (QED) is 0.489. The number of carbonyl (C=O) groups excluding carboxylic acids is 3. The van der Waals surface area contributed by atoms with E-state index < -0.39 is 24.5 Å². The molecule has 2 N–H and O–H groups in total. The summed E-state index contributed by atoms with van der Waals surface area (Å²) < 4.78 is 16.0. The first-order valence-electron chi connectivity index (χ1n) is 9.41. The van der Waals surface area contributed by atoms with E-state index in [9.17, 15) is 14.4 Å². The van der Waals surface area contributed by atoms with Gasteiger partial charge in [0.25, 0.3) is 5.91 Å². The lowest BCUT2D eigenvalue weighted by molar-refractivity contribution is -0.144. The van der Waals surface area contributed by atoms with Crippen LogP contribution in [0, 0.1) is 0 Å². The number of esters is 1. The monoisotopic (exact) mass is 424 g/mol. The Morgan fingerprint density at radius 2 is 2.03 bits per heavy atom. The minimum atomic E-state index is -0.716. The summed E-state index contributed by atoms with van der Waals surface area (Å²) in [6, 6.07) is 2.63. The summed E-state index contributed by atoms with van der Waals surface area (Å²) in [5.41, 5.74) is 0.627. The zero-order valence-electron chi connectivity index (χ0n) is 16.5. The third kappa shape index (κ3) is 7.30. The molecule has 0 aliphatic carbocycles. The molecule has 1 aromatic carbocycles. The van der Waals surface area contributed by atoms with E-state index in [1.54, 1.807) is 19.1 Å². The third-order valence-corrected chi connectivity index (χ3v) is 4.18. The van der Waals surface area contributed by atoms with Gasteiger partial charge in [-0.15, -0.1) is 0 Å². The van der Waals surface area contributed by atoms with E-state index in [1.165, 1.54) is 12.2 Å². The molecular weight excluding hydrogens is 400 g/mol. The minimum absolute atomic E-state index is 0.294. The Bertz CT molecular complexity index is 780. The number of halogens is 1. The average Bonchev–Trinajstić information content (AvgIpc) is 2.94. The molecule has 2 rings (SSSR count). The summed E-state index contributed by atoms with van der Waals surface area (Å²) in [5.74, 6) is -0.566. The van der Waals surface area contributed by atoms with Crippen LogP contribution in [0.25, 0.3) is 6.08 Å². The van der Waals surface area contributed by atoms with Gasteiger partial charge < -0.3 is 24.8 Å². The van der Waals surface area contributed by atoms with Gasteiger partial charge in [-0.1, -0.05) is 18.5 Å². The van der Waals surface area contributed by atoms with Crippen LogP contribution in [-0.4, -0.2) is 50.2 Å². The molecule has 0 fully saturated rings. The Balaban J connectivity index is 1.84. The minimum Gasteiger partial charge on any atom is -0.489 e. The summed E-state index contributed by atoms with van der Waals surface area (Å²) >= 11 is 6.20. The van der Waals surface area contributed by atoms with Crippen molar-refractivity contribution < 1.29 is 28.6 Å². The highest BCUT2D eigenvalue weighted by Gasteiger charge is 2.16. The van der Waals surface area contributed by atoms with Gasteiger partial charge in [0.15, 0.2) is 18.1 Å². The lowest BCUT2D eigenvalue weighted by Crippen LogP contribution is -2.46. The second-order valence-corrected chi connectivity index (χ2v) is 6.81. The number of hydrogen-bond acceptors (Lipinski definition) is 6. The van der Waals surface area contributed by atoms with Gasteiger partial charge in [0.05, 0.1) is 18.2 Å². The molecule has 1 atom stereocenters. The van der Waals surface area contributed by atoms with Gasteiger partial charge in [-0.05, 0) is 37.1 Å². The Kier molecular flexibility index (Phi) is 8.79. The first-order chi connectivity index (χ1) is 13.9. The van der Waals surface area contributed by atoms with Crippen LogP contribution >= 0.6 is 11.6 Å². The number of rotatable bonds is 8. The predicted octanol–water partition coefficient (Wildman–Crippen LogP) is 2.09. The molecule has 1 heterocycles. The number of ether oxygens (including phenoxy) is 3. The van der Waals surface area contributed by atoms with Crippen LogP contribution in [-0.2, 0) is 19.1 Å². The third-order valence-electron chi connectivity index (χ3n) is 3.90. The number of fused-ring (bicyclic) bond motifs is 1. The molecular formula is C20H25ClN2O6. The Morgan fingerprint density at radius 1 is 1.28 bits per heavy atom. The smallest absolute Gasteiger partial charge is 0.331 e. The maximum atomic E-state index is 11.9. The van der Waals surface area contributed by atoms with Crippen molar-refractivity contribution in [2.75, 3.05) is 26.4 Å². The zero-order valence-corrected chi connectivity index (χ0v) is 17.2. The molecule has 0 aromatic heterocycles. The first kappa shape index (κ1) is 22.5. The molecule has 8 nitrogen and oxygen atoms in total. The molecule has 1 aliphatic heterocycles. The van der Waals surface area contributed by atoms with Gasteiger partial charge in [-0.2, -0.15) is 0 Å². The number of amides is 2. The van der Waals surface area contributed by atoms with E-state index in [1.807, 2.05) is 6.92 Å². The Morgan fingerprint density at radius 3 is 2.79 bits per heavy atom. The molecule has 0 spiro atoms. The highest BCUT2D eigenvalue weighted by molar-refractivity contribution is 6.32. The maximum Gasteiger partial charge on any atom is 0.331 e. The zero-order chi connectivity index (χ0) is 21.2. The summed E-state index contributed by atoms with van der Waals surface area (Å²) in [5, 5.41) is 5.52. The molecule has 0 saturated carbocycles. The molecule has 2 amide bonds. The topological polar surface area (TPSA) is 103 Å². The van der Waals surface area contributed by atoms with E-state index in [2.05, 4.69) is 10.6 Å². The highest BCUT2D eigenvalue weighted by Crippen LogP contribution is 2.38. The van der Waals surface area contributed by atoms with E-state index in [0.29, 0.717) is 41.8 Å². The Hall–Kier alpha value is -2.74. The summed E-state index contributed by atoms with van der Waals surface area (Å²) in [6.45, 7) is 4.56. The standard InChI is InChI=1S/C20H25ClN2O6/c1-3-7-22-20(26)13(2)23-17(24)12-29-18(25)6-5-14-10-15(21)19-16(11-14)27-8-4-9-28-19/h5-6,10-11,13H,3-4,7-9,12H2,1-2H3,(H,22,26)(H,23,24)/b6-5+/t13-/m0/s1. The second-order valence-electron chi connectivity index (χ2n) is 6.40. The number of nitrogens with one attached hydrogen (secondary N) is 2. The average molecular weight is 425 g/mol. The summed E-state index contributed by atoms with van der Waals surface area (Å²) in [7, 11) is 0. The van der Waals surface area contributed by atoms with Crippen molar-refractivity contribution >= 4 is 35.5 Å². The molecule has 0 radical (unpaired) electrons. The van der Waals surface area contributed by atoms with Gasteiger partial charge >= 0.3 is 5.97 Å². The fraction of sp³-hybridized carbons (Fsp3) is 0.450. The van der Waals surface area contributed by atoms with Gasteiger partial charge in [-0.3, -0.25) is 9.59 Å². The van der Waals surface area contributed by atoms with Crippen molar-refractivity contribution in [1.82, 2.24) is 10.6 Å². The molecule has 0 bridgehead atoms. The second kappa shape index (κ2) is 11.3. The van der Waals surface area contributed by atoms with Crippen molar-refractivity contribution in [2.45, 2.75) is 32.7 Å². The van der Waals surface area contributed by atoms with Crippen LogP contribution in [0.4, 0.5) is 0 Å². The maximum absolute atomic E-state index is 11.9. The molecule has 158 valence electrons. The molecule has 1 aromatic rings. The van der Waals surface area contributed by atoms with E-state index in [-0.39, 0.29) is 5.91 Å². The van der Waals surface area contributed by atoms with Crippen molar-refractivity contribution in [1.29, 1.82) is 0 Å². The molecule has 1 aliphatic rings. The van der Waals surface area contributed by atoms with Crippen LogP contribution in [0.3, 0.4) is 0 Å². The van der Waals surface area contributed by atoms with Crippen molar-refractivity contribution in [3.05, 3.63) is 28.8 Å². The van der Waals surface area contributed by atoms with E-state index in [0.717, 1.165) is 12.8 Å². The van der Waals surface area contributed by atoms with Crippen LogP contribution in [0.2, 0.25) is 5.02 Å². The summed E-state index contributed by atoms with van der Waals surface area (Å²) in [6.07, 6.45) is 4.23. The SMILES string of the molecule is CCCNC(=O)[C@H](C)NC(=O)COC(=O)/C=C/c1cc(Cl)c2c(c1)OCCCO2. The lowest BCUT2D eigenvalue weighted by Gasteiger charge is -2.13. The van der Waals surface area contributed by atoms with E-state index in [4.69, 9.17) is 25.8 Å². The molecule has 0 saturated heterocycles. The Labute approximate surface area is 174 Å². The molecule has 9 heteroatoms. The highest BCUT2D eigenvalue weighted by atomic mass is 35.5. The van der Waals surface area contributed by atoms with Gasteiger partial charge in [0, 0.05) is 19.0 Å². The largest absolute Gasteiger partial charge is 0.489 e. The number of hydrogen-bond donors (Lipinski definition) is 2. The van der Waals surface area contributed by atoms with E-state index >= 15 is 0 Å². The summed E-state index contributed by atoms with van der Waals surface area (Å²) in [4.78, 5) is 35.4. The van der Waals surface area contributed by atoms with Crippen molar-refractivity contribution in [3.8, 4) is 11.5 Å². The fourth-order valence-electron chi connectivity index (χ4n) is 2.45.